The maximum atomic E-state index is 12.2. The van der Waals surface area contributed by atoms with Gasteiger partial charge in [0.2, 0.25) is 0 Å². The van der Waals surface area contributed by atoms with Gasteiger partial charge in [0, 0.05) is 17.5 Å². The molecule has 6 heteroatoms. The van der Waals surface area contributed by atoms with Crippen molar-refractivity contribution in [2.75, 3.05) is 6.54 Å². The summed E-state index contributed by atoms with van der Waals surface area (Å²) in [5.41, 5.74) is 0. The molecule has 1 aromatic rings. The van der Waals surface area contributed by atoms with Crippen LogP contribution in [0.5, 0.6) is 0 Å². The lowest BCUT2D eigenvalue weighted by Crippen LogP contribution is -2.33. The molecule has 1 saturated heterocycles. The maximum Gasteiger partial charge on any atom is 0.252 e. The van der Waals surface area contributed by atoms with E-state index in [1.165, 1.54) is 0 Å². The molecule has 2 rings (SSSR count). The van der Waals surface area contributed by atoms with Gasteiger partial charge in [0.1, 0.15) is 4.21 Å². The van der Waals surface area contributed by atoms with E-state index in [0.717, 1.165) is 24.2 Å². The predicted octanol–water partition coefficient (Wildman–Crippen LogP) is 1.41. The second-order valence-corrected chi connectivity index (χ2v) is 7.27. The summed E-state index contributed by atoms with van der Waals surface area (Å²) in [6, 6.07) is 3.33. The van der Waals surface area contributed by atoms with Gasteiger partial charge < -0.3 is 5.11 Å². The van der Waals surface area contributed by atoms with E-state index in [4.69, 9.17) is 5.11 Å². The zero-order chi connectivity index (χ0) is 11.8. The lowest BCUT2D eigenvalue weighted by atomic mass is 10.3. The Labute approximate surface area is 99.6 Å². The molecule has 0 radical (unpaired) electrons. The largest absolute Gasteiger partial charge is 0.391 e. The average molecular weight is 261 g/mol. The predicted molar refractivity (Wildman–Crippen MR) is 62.8 cm³/mol. The first-order valence-corrected chi connectivity index (χ1v) is 7.53. The van der Waals surface area contributed by atoms with Crippen molar-refractivity contribution in [3.63, 3.8) is 0 Å². The second-order valence-electron chi connectivity index (χ2n) is 3.99. The Kier molecular flexibility index (Phi) is 3.34. The van der Waals surface area contributed by atoms with Crippen LogP contribution in [0.3, 0.4) is 0 Å². The third-order valence-electron chi connectivity index (χ3n) is 2.85. The van der Waals surface area contributed by atoms with Crippen LogP contribution >= 0.6 is 11.3 Å². The van der Waals surface area contributed by atoms with Crippen molar-refractivity contribution in [3.8, 4) is 0 Å². The third kappa shape index (κ3) is 2.02. The van der Waals surface area contributed by atoms with Crippen molar-refractivity contribution >= 4 is 21.4 Å². The zero-order valence-electron chi connectivity index (χ0n) is 9.09. The topological polar surface area (TPSA) is 57.6 Å². The Morgan fingerprint density at radius 2 is 2.31 bits per heavy atom. The van der Waals surface area contributed by atoms with Crippen LogP contribution in [0, 0.1) is 0 Å². The maximum absolute atomic E-state index is 12.2. The lowest BCUT2D eigenvalue weighted by molar-refractivity contribution is 0.285. The molecular formula is C10H15NO3S2. The Hall–Kier alpha value is -0.430. The minimum Gasteiger partial charge on any atom is -0.391 e. The number of hydrogen-bond acceptors (Lipinski definition) is 4. The summed E-state index contributed by atoms with van der Waals surface area (Å²) < 4.78 is 26.4. The standard InChI is InChI=1S/C10H15NO3S2/c1-8-3-2-6-11(8)16(13,14)10-5-4-9(7-12)15-10/h4-5,8,12H,2-3,6-7H2,1H3. The van der Waals surface area contributed by atoms with E-state index in [1.54, 1.807) is 16.4 Å². The fourth-order valence-electron chi connectivity index (χ4n) is 1.96. The quantitative estimate of drug-likeness (QED) is 0.895. The third-order valence-corrected chi connectivity index (χ3v) is 6.40. The Morgan fingerprint density at radius 3 is 2.81 bits per heavy atom. The van der Waals surface area contributed by atoms with Crippen LogP contribution in [0.1, 0.15) is 24.6 Å². The minimum absolute atomic E-state index is 0.0877. The van der Waals surface area contributed by atoms with Gasteiger partial charge in [-0.3, -0.25) is 0 Å². The molecule has 0 spiro atoms. The second kappa shape index (κ2) is 4.44. The van der Waals surface area contributed by atoms with E-state index < -0.39 is 10.0 Å². The van der Waals surface area contributed by atoms with Gasteiger partial charge in [-0.25, -0.2) is 8.42 Å². The minimum atomic E-state index is -3.34. The Balaban J connectivity index is 2.31. The van der Waals surface area contributed by atoms with Gasteiger partial charge in [-0.1, -0.05) is 0 Å². The van der Waals surface area contributed by atoms with Crippen LogP contribution in [-0.2, 0) is 16.6 Å². The van der Waals surface area contributed by atoms with Gasteiger partial charge >= 0.3 is 0 Å². The average Bonchev–Trinajstić information content (AvgIpc) is 2.85. The highest BCUT2D eigenvalue weighted by molar-refractivity contribution is 7.91. The summed E-state index contributed by atoms with van der Waals surface area (Å²) in [6.45, 7) is 2.44. The van der Waals surface area contributed by atoms with E-state index >= 15 is 0 Å². The molecule has 16 heavy (non-hydrogen) atoms. The number of thiophene rings is 1. The lowest BCUT2D eigenvalue weighted by Gasteiger charge is -2.19. The van der Waals surface area contributed by atoms with Crippen LogP contribution in [-0.4, -0.2) is 30.4 Å². The molecule has 2 heterocycles. The van der Waals surface area contributed by atoms with E-state index in [0.29, 0.717) is 15.6 Å². The van der Waals surface area contributed by atoms with Gasteiger partial charge in [0.05, 0.1) is 6.61 Å². The van der Waals surface area contributed by atoms with Crippen molar-refractivity contribution in [2.45, 2.75) is 36.6 Å². The van der Waals surface area contributed by atoms with Crippen molar-refractivity contribution < 1.29 is 13.5 Å². The summed E-state index contributed by atoms with van der Waals surface area (Å²) in [7, 11) is -3.34. The zero-order valence-corrected chi connectivity index (χ0v) is 10.7. The van der Waals surface area contributed by atoms with Crippen LogP contribution in [0.4, 0.5) is 0 Å². The Morgan fingerprint density at radius 1 is 1.56 bits per heavy atom. The van der Waals surface area contributed by atoms with Gasteiger partial charge in [-0.15, -0.1) is 11.3 Å². The molecule has 0 saturated carbocycles. The molecule has 4 nitrogen and oxygen atoms in total. The molecule has 1 aliphatic heterocycles. The molecule has 1 atom stereocenters. The van der Waals surface area contributed by atoms with E-state index in [1.807, 2.05) is 6.92 Å². The smallest absolute Gasteiger partial charge is 0.252 e. The highest BCUT2D eigenvalue weighted by Gasteiger charge is 2.33. The fraction of sp³-hybridized carbons (Fsp3) is 0.600. The number of rotatable bonds is 3. The molecule has 90 valence electrons. The van der Waals surface area contributed by atoms with E-state index in [2.05, 4.69) is 0 Å². The molecule has 1 aliphatic rings. The molecule has 0 aromatic carbocycles. The molecule has 0 aliphatic carbocycles. The molecule has 1 N–H and O–H groups in total. The number of nitrogens with zero attached hydrogens (tertiary/aromatic N) is 1. The molecule has 0 bridgehead atoms. The number of aliphatic hydroxyl groups excluding tert-OH is 1. The summed E-state index contributed by atoms with van der Waals surface area (Å²) in [5.74, 6) is 0. The summed E-state index contributed by atoms with van der Waals surface area (Å²) >= 11 is 1.15. The normalized spacial score (nSPS) is 22.8. The van der Waals surface area contributed by atoms with Gasteiger partial charge in [0.25, 0.3) is 10.0 Å². The van der Waals surface area contributed by atoms with Crippen LogP contribution in [0.15, 0.2) is 16.3 Å². The van der Waals surface area contributed by atoms with Gasteiger partial charge in [-0.05, 0) is 31.9 Å². The monoisotopic (exact) mass is 261 g/mol. The summed E-state index contributed by atoms with van der Waals surface area (Å²) in [6.07, 6.45) is 1.86. The summed E-state index contributed by atoms with van der Waals surface area (Å²) in [5, 5.41) is 8.94. The van der Waals surface area contributed by atoms with Crippen LogP contribution in [0.25, 0.3) is 0 Å². The number of hydrogen-bond donors (Lipinski definition) is 1. The van der Waals surface area contributed by atoms with E-state index in [-0.39, 0.29) is 12.6 Å². The van der Waals surface area contributed by atoms with Gasteiger partial charge in [-0.2, -0.15) is 4.31 Å². The van der Waals surface area contributed by atoms with Crippen molar-refractivity contribution in [1.29, 1.82) is 0 Å². The Bertz CT molecular complexity index is 466. The van der Waals surface area contributed by atoms with Crippen LogP contribution in [0.2, 0.25) is 0 Å². The molecule has 1 aromatic heterocycles. The van der Waals surface area contributed by atoms with E-state index in [9.17, 15) is 8.42 Å². The first-order valence-electron chi connectivity index (χ1n) is 5.27. The molecule has 1 fully saturated rings. The number of sulfonamides is 1. The highest BCUT2D eigenvalue weighted by atomic mass is 32.2. The number of aliphatic hydroxyl groups is 1. The fourth-order valence-corrected chi connectivity index (χ4v) is 5.01. The molecular weight excluding hydrogens is 246 g/mol. The van der Waals surface area contributed by atoms with Crippen molar-refractivity contribution in [1.82, 2.24) is 4.31 Å². The SMILES string of the molecule is CC1CCCN1S(=O)(=O)c1ccc(CO)s1. The van der Waals surface area contributed by atoms with Crippen molar-refractivity contribution in [3.05, 3.63) is 17.0 Å². The first kappa shape index (κ1) is 12.0. The van der Waals surface area contributed by atoms with Gasteiger partial charge in [0.15, 0.2) is 0 Å². The highest BCUT2D eigenvalue weighted by Crippen LogP contribution is 2.29. The van der Waals surface area contributed by atoms with Crippen molar-refractivity contribution in [2.24, 2.45) is 0 Å². The first-order chi connectivity index (χ1) is 7.55. The molecule has 0 amide bonds. The molecule has 1 unspecified atom stereocenters. The summed E-state index contributed by atoms with van der Waals surface area (Å²) in [4.78, 5) is 0.686. The van der Waals surface area contributed by atoms with Crippen LogP contribution < -0.4 is 0 Å².